The molecule has 26 heavy (non-hydrogen) atoms. The van der Waals surface area contributed by atoms with Crippen LogP contribution in [0.2, 0.25) is 5.02 Å². The first-order valence-electron chi connectivity index (χ1n) is 8.08. The van der Waals surface area contributed by atoms with Gasteiger partial charge in [0.2, 0.25) is 5.78 Å². The Morgan fingerprint density at radius 3 is 2.15 bits per heavy atom. The molecule has 0 heterocycles. The summed E-state index contributed by atoms with van der Waals surface area (Å²) < 4.78 is 4.98. The van der Waals surface area contributed by atoms with Gasteiger partial charge in [-0.15, -0.1) is 0 Å². The van der Waals surface area contributed by atoms with Crippen LogP contribution in [0.1, 0.15) is 37.4 Å². The normalized spacial score (nSPS) is 10.3. The molecule has 0 atom stereocenters. The van der Waals surface area contributed by atoms with E-state index in [-0.39, 0.29) is 18.9 Å². The molecule has 0 aliphatic heterocycles. The molecule has 0 unspecified atom stereocenters. The first kappa shape index (κ1) is 19.7. The van der Waals surface area contributed by atoms with Crippen molar-refractivity contribution in [1.82, 2.24) is 5.32 Å². The van der Waals surface area contributed by atoms with Crippen molar-refractivity contribution >= 4 is 29.3 Å². The molecule has 0 aliphatic rings. The Hall–Kier alpha value is -2.66. The lowest BCUT2D eigenvalue weighted by Crippen LogP contribution is -2.31. The molecular formula is C20H20ClNO4. The summed E-state index contributed by atoms with van der Waals surface area (Å²) in [5, 5.41) is 2.96. The maximum absolute atomic E-state index is 12.3. The maximum Gasteiger partial charge on any atom is 0.325 e. The molecule has 1 amide bonds. The van der Waals surface area contributed by atoms with E-state index in [1.165, 1.54) is 0 Å². The lowest BCUT2D eigenvalue weighted by molar-refractivity contribution is -0.141. The number of aryl methyl sites for hydroxylation is 3. The average molecular weight is 374 g/mol. The summed E-state index contributed by atoms with van der Waals surface area (Å²) in [6, 6.07) is 10.1. The summed E-state index contributed by atoms with van der Waals surface area (Å²) >= 11 is 5.76. The summed E-state index contributed by atoms with van der Waals surface area (Å²) in [5.74, 6) is -1.37. The van der Waals surface area contributed by atoms with E-state index in [2.05, 4.69) is 5.32 Å². The van der Waals surface area contributed by atoms with Gasteiger partial charge in [0.15, 0.2) is 6.61 Å². The third-order valence-electron chi connectivity index (χ3n) is 3.82. The van der Waals surface area contributed by atoms with E-state index < -0.39 is 11.9 Å². The molecule has 2 aromatic carbocycles. The first-order chi connectivity index (χ1) is 12.3. The number of Topliss-reactive ketones (excluding diaryl/α,β-unsaturated/α-hetero) is 1. The fourth-order valence-electron chi connectivity index (χ4n) is 2.74. The Balaban J connectivity index is 1.86. The van der Waals surface area contributed by atoms with Gasteiger partial charge in [-0.1, -0.05) is 29.3 Å². The second-order valence-electron chi connectivity index (χ2n) is 6.05. The Labute approximate surface area is 157 Å². The van der Waals surface area contributed by atoms with Gasteiger partial charge >= 0.3 is 5.97 Å². The topological polar surface area (TPSA) is 72.5 Å². The molecule has 2 aromatic rings. The number of esters is 1. The van der Waals surface area contributed by atoms with Crippen molar-refractivity contribution < 1.29 is 19.1 Å². The molecule has 0 aliphatic carbocycles. The number of halogens is 1. The minimum atomic E-state index is -0.678. The van der Waals surface area contributed by atoms with Crippen molar-refractivity contribution in [3.8, 4) is 0 Å². The molecule has 0 saturated heterocycles. The van der Waals surface area contributed by atoms with E-state index in [4.69, 9.17) is 16.3 Å². The molecule has 5 nitrogen and oxygen atoms in total. The zero-order chi connectivity index (χ0) is 19.3. The lowest BCUT2D eigenvalue weighted by atomic mass is 9.97. The standard InChI is InChI=1S/C20H20ClNO4/c1-12-8-13(2)19(14(3)9-12)17(23)11-26-18(24)10-22-20(25)15-4-6-16(21)7-5-15/h4-9H,10-11H2,1-3H3,(H,22,25). The van der Waals surface area contributed by atoms with Crippen LogP contribution in [-0.4, -0.2) is 30.8 Å². The van der Waals surface area contributed by atoms with Crippen molar-refractivity contribution in [2.24, 2.45) is 0 Å². The molecule has 136 valence electrons. The molecule has 0 bridgehead atoms. The Morgan fingerprint density at radius 1 is 1.00 bits per heavy atom. The van der Waals surface area contributed by atoms with Crippen molar-refractivity contribution in [2.75, 3.05) is 13.2 Å². The molecule has 0 aromatic heterocycles. The average Bonchev–Trinajstić information content (AvgIpc) is 2.57. The number of benzene rings is 2. The maximum atomic E-state index is 12.3. The summed E-state index contributed by atoms with van der Waals surface area (Å²) in [5.41, 5.74) is 3.70. The number of ketones is 1. The van der Waals surface area contributed by atoms with Crippen LogP contribution in [0.15, 0.2) is 36.4 Å². The Morgan fingerprint density at radius 2 is 1.58 bits per heavy atom. The second kappa shape index (κ2) is 8.63. The lowest BCUT2D eigenvalue weighted by Gasteiger charge is -2.11. The third-order valence-corrected chi connectivity index (χ3v) is 4.07. The highest BCUT2D eigenvalue weighted by Gasteiger charge is 2.16. The number of nitrogens with one attached hydrogen (secondary N) is 1. The number of ether oxygens (including phenoxy) is 1. The number of rotatable bonds is 6. The molecule has 1 N–H and O–H groups in total. The number of hydrogen-bond donors (Lipinski definition) is 1. The van der Waals surface area contributed by atoms with Gasteiger partial charge in [-0.2, -0.15) is 0 Å². The Bertz CT molecular complexity index is 820. The van der Waals surface area contributed by atoms with Crippen LogP contribution in [0.5, 0.6) is 0 Å². The van der Waals surface area contributed by atoms with Crippen LogP contribution < -0.4 is 5.32 Å². The summed E-state index contributed by atoms with van der Waals surface area (Å²) in [4.78, 5) is 36.0. The summed E-state index contributed by atoms with van der Waals surface area (Å²) in [6.45, 7) is 4.97. The Kier molecular flexibility index (Phi) is 6.52. The molecule has 2 rings (SSSR count). The summed E-state index contributed by atoms with van der Waals surface area (Å²) in [6.07, 6.45) is 0. The molecular weight excluding hydrogens is 354 g/mol. The molecule has 6 heteroatoms. The van der Waals surface area contributed by atoms with Gasteiger partial charge in [0.1, 0.15) is 6.54 Å². The number of amides is 1. The van der Waals surface area contributed by atoms with Crippen molar-refractivity contribution in [2.45, 2.75) is 20.8 Å². The smallest absolute Gasteiger partial charge is 0.325 e. The first-order valence-corrected chi connectivity index (χ1v) is 8.46. The minimum absolute atomic E-state index is 0.266. The predicted molar refractivity (Wildman–Crippen MR) is 99.7 cm³/mol. The van der Waals surface area contributed by atoms with Crippen LogP contribution in [0, 0.1) is 20.8 Å². The van der Waals surface area contributed by atoms with E-state index in [9.17, 15) is 14.4 Å². The second-order valence-corrected chi connectivity index (χ2v) is 6.48. The highest BCUT2D eigenvalue weighted by molar-refractivity contribution is 6.30. The zero-order valence-corrected chi connectivity index (χ0v) is 15.6. The quantitative estimate of drug-likeness (QED) is 0.622. The van der Waals surface area contributed by atoms with E-state index in [0.717, 1.165) is 16.7 Å². The van der Waals surface area contributed by atoms with Crippen LogP contribution in [0.25, 0.3) is 0 Å². The van der Waals surface area contributed by atoms with Gasteiger partial charge in [0, 0.05) is 16.1 Å². The number of hydrogen-bond acceptors (Lipinski definition) is 4. The molecule has 0 spiro atoms. The fourth-order valence-corrected chi connectivity index (χ4v) is 2.87. The highest BCUT2D eigenvalue weighted by atomic mass is 35.5. The number of carbonyl (C=O) groups is 3. The van der Waals surface area contributed by atoms with Crippen molar-refractivity contribution in [3.63, 3.8) is 0 Å². The van der Waals surface area contributed by atoms with Gasteiger partial charge in [-0.05, 0) is 56.2 Å². The third kappa shape index (κ3) is 5.17. The predicted octanol–water partition coefficient (Wildman–Crippen LogP) is 3.42. The zero-order valence-electron chi connectivity index (χ0n) is 14.9. The minimum Gasteiger partial charge on any atom is -0.456 e. The fraction of sp³-hybridized carbons (Fsp3) is 0.250. The molecule has 0 radical (unpaired) electrons. The monoisotopic (exact) mass is 373 g/mol. The van der Waals surface area contributed by atoms with Crippen LogP contribution in [0.4, 0.5) is 0 Å². The van der Waals surface area contributed by atoms with Gasteiger partial charge in [-0.3, -0.25) is 14.4 Å². The van der Waals surface area contributed by atoms with Crippen LogP contribution >= 0.6 is 11.6 Å². The van der Waals surface area contributed by atoms with Crippen molar-refractivity contribution in [1.29, 1.82) is 0 Å². The van der Waals surface area contributed by atoms with Gasteiger partial charge in [0.25, 0.3) is 5.91 Å². The van der Waals surface area contributed by atoms with Gasteiger partial charge in [0.05, 0.1) is 0 Å². The van der Waals surface area contributed by atoms with E-state index >= 15 is 0 Å². The van der Waals surface area contributed by atoms with Crippen LogP contribution in [-0.2, 0) is 9.53 Å². The van der Waals surface area contributed by atoms with E-state index in [1.54, 1.807) is 24.3 Å². The van der Waals surface area contributed by atoms with Gasteiger partial charge < -0.3 is 10.1 Å². The largest absolute Gasteiger partial charge is 0.456 e. The summed E-state index contributed by atoms with van der Waals surface area (Å²) in [7, 11) is 0. The molecule has 0 saturated carbocycles. The van der Waals surface area contributed by atoms with E-state index in [1.807, 2.05) is 32.9 Å². The van der Waals surface area contributed by atoms with Crippen molar-refractivity contribution in [3.05, 3.63) is 69.2 Å². The van der Waals surface area contributed by atoms with E-state index in [0.29, 0.717) is 16.1 Å². The van der Waals surface area contributed by atoms with Crippen LogP contribution in [0.3, 0.4) is 0 Å². The number of carbonyl (C=O) groups excluding carboxylic acids is 3. The SMILES string of the molecule is Cc1cc(C)c(C(=O)COC(=O)CNC(=O)c2ccc(Cl)cc2)c(C)c1. The van der Waals surface area contributed by atoms with Gasteiger partial charge in [-0.25, -0.2) is 0 Å². The molecule has 0 fully saturated rings. The highest BCUT2D eigenvalue weighted by Crippen LogP contribution is 2.17.